The maximum absolute atomic E-state index is 12.2. The molecule has 0 saturated carbocycles. The third-order valence-corrected chi connectivity index (χ3v) is 4.58. The molecule has 0 bridgehead atoms. The van der Waals surface area contributed by atoms with Crippen molar-refractivity contribution < 1.29 is 9.59 Å². The average molecular weight is 320 g/mol. The Hall–Kier alpha value is -1.62. The molecule has 1 atom stereocenters. The van der Waals surface area contributed by atoms with Crippen LogP contribution in [0.3, 0.4) is 0 Å². The molecular weight excluding hydrogens is 296 g/mol. The lowest BCUT2D eigenvalue weighted by Crippen LogP contribution is -2.43. The molecule has 5 heteroatoms. The van der Waals surface area contributed by atoms with Crippen molar-refractivity contribution in [2.45, 2.75) is 26.7 Å². The van der Waals surface area contributed by atoms with Gasteiger partial charge in [0.15, 0.2) is 0 Å². The Balaban J connectivity index is 1.82. The smallest absolute Gasteiger partial charge is 0.246 e. The summed E-state index contributed by atoms with van der Waals surface area (Å²) in [6, 6.07) is 1.99. The van der Waals surface area contributed by atoms with Gasteiger partial charge < -0.3 is 10.2 Å². The van der Waals surface area contributed by atoms with E-state index < -0.39 is 0 Å². The van der Waals surface area contributed by atoms with Crippen molar-refractivity contribution in [2.24, 2.45) is 11.8 Å². The van der Waals surface area contributed by atoms with Crippen molar-refractivity contribution in [3.8, 4) is 0 Å². The SMILES string of the molecule is CC(C)C(=O)NC[C@H]1CCCN(C(=O)/C=C\c2ccsc2)C1. The van der Waals surface area contributed by atoms with Crippen molar-refractivity contribution >= 4 is 29.2 Å². The van der Waals surface area contributed by atoms with Gasteiger partial charge in [0.2, 0.25) is 11.8 Å². The van der Waals surface area contributed by atoms with Crippen LogP contribution in [0, 0.1) is 11.8 Å². The minimum atomic E-state index is 0.00914. The Kier molecular flexibility index (Phi) is 6.19. The van der Waals surface area contributed by atoms with Crippen LogP contribution >= 0.6 is 11.3 Å². The Labute approximate surface area is 136 Å². The van der Waals surface area contributed by atoms with Gasteiger partial charge >= 0.3 is 0 Å². The summed E-state index contributed by atoms with van der Waals surface area (Å²) in [7, 11) is 0. The number of nitrogens with one attached hydrogen (secondary N) is 1. The maximum atomic E-state index is 12.2. The van der Waals surface area contributed by atoms with Gasteiger partial charge in [0.25, 0.3) is 0 Å². The molecule has 2 rings (SSSR count). The van der Waals surface area contributed by atoms with E-state index in [-0.39, 0.29) is 17.7 Å². The van der Waals surface area contributed by atoms with E-state index in [9.17, 15) is 9.59 Å². The summed E-state index contributed by atoms with van der Waals surface area (Å²) in [5, 5.41) is 6.99. The third kappa shape index (κ3) is 4.98. The Morgan fingerprint density at radius 2 is 2.32 bits per heavy atom. The standard InChI is InChI=1S/C17H24N2O2S/c1-13(2)17(21)18-10-15-4-3-8-19(11-15)16(20)6-5-14-7-9-22-12-14/h5-7,9,12-13,15H,3-4,8,10-11H2,1-2H3,(H,18,21)/b6-5-/t15-/m1/s1. The number of carbonyl (C=O) groups is 2. The molecule has 1 aromatic rings. The van der Waals surface area contributed by atoms with Crippen LogP contribution in [0.15, 0.2) is 22.9 Å². The predicted octanol–water partition coefficient (Wildman–Crippen LogP) is 2.77. The fourth-order valence-electron chi connectivity index (χ4n) is 2.52. The number of thiophene rings is 1. The molecule has 2 heterocycles. The maximum Gasteiger partial charge on any atom is 0.246 e. The quantitative estimate of drug-likeness (QED) is 0.848. The van der Waals surface area contributed by atoms with E-state index >= 15 is 0 Å². The lowest BCUT2D eigenvalue weighted by atomic mass is 9.97. The lowest BCUT2D eigenvalue weighted by molar-refractivity contribution is -0.127. The van der Waals surface area contributed by atoms with Crippen molar-refractivity contribution in [1.29, 1.82) is 0 Å². The summed E-state index contributed by atoms with van der Waals surface area (Å²) >= 11 is 1.62. The third-order valence-electron chi connectivity index (χ3n) is 3.88. The summed E-state index contributed by atoms with van der Waals surface area (Å²) in [6.45, 7) is 5.98. The van der Waals surface area contributed by atoms with E-state index in [4.69, 9.17) is 0 Å². The van der Waals surface area contributed by atoms with E-state index in [0.717, 1.165) is 31.5 Å². The molecule has 0 spiro atoms. The highest BCUT2D eigenvalue weighted by atomic mass is 32.1. The van der Waals surface area contributed by atoms with Gasteiger partial charge in [-0.1, -0.05) is 13.8 Å². The fraction of sp³-hybridized carbons (Fsp3) is 0.529. The first kappa shape index (κ1) is 16.7. The number of carbonyl (C=O) groups excluding carboxylic acids is 2. The van der Waals surface area contributed by atoms with Gasteiger partial charge in [-0.15, -0.1) is 0 Å². The van der Waals surface area contributed by atoms with Gasteiger partial charge in [-0.05, 0) is 47.2 Å². The first-order valence-electron chi connectivity index (χ1n) is 7.83. The summed E-state index contributed by atoms with van der Waals surface area (Å²) < 4.78 is 0. The molecule has 2 amide bonds. The van der Waals surface area contributed by atoms with E-state index in [1.165, 1.54) is 0 Å². The zero-order valence-corrected chi connectivity index (χ0v) is 14.1. The van der Waals surface area contributed by atoms with Gasteiger partial charge in [-0.25, -0.2) is 0 Å². The molecular formula is C17H24N2O2S. The van der Waals surface area contributed by atoms with Crippen LogP contribution in [0.5, 0.6) is 0 Å². The number of piperidine rings is 1. The van der Waals surface area contributed by atoms with Crippen LogP contribution in [-0.4, -0.2) is 36.3 Å². The topological polar surface area (TPSA) is 49.4 Å². The Morgan fingerprint density at radius 1 is 1.50 bits per heavy atom. The second-order valence-corrected chi connectivity index (χ2v) is 6.86. The first-order chi connectivity index (χ1) is 10.6. The highest BCUT2D eigenvalue weighted by Crippen LogP contribution is 2.17. The number of hydrogen-bond acceptors (Lipinski definition) is 3. The molecule has 1 N–H and O–H groups in total. The zero-order chi connectivity index (χ0) is 15.9. The molecule has 0 radical (unpaired) electrons. The summed E-state index contributed by atoms with van der Waals surface area (Å²) in [6.07, 6.45) is 5.58. The van der Waals surface area contributed by atoms with E-state index in [1.54, 1.807) is 17.4 Å². The van der Waals surface area contributed by atoms with Gasteiger partial charge in [0.05, 0.1) is 0 Å². The minimum absolute atomic E-state index is 0.00914. The average Bonchev–Trinajstić information content (AvgIpc) is 3.03. The summed E-state index contributed by atoms with van der Waals surface area (Å²) in [5.74, 6) is 0.511. The number of amides is 2. The van der Waals surface area contributed by atoms with Gasteiger partial charge in [0, 0.05) is 31.6 Å². The number of nitrogens with zero attached hydrogens (tertiary/aromatic N) is 1. The molecule has 1 aliphatic rings. The molecule has 1 fully saturated rings. The number of hydrogen-bond donors (Lipinski definition) is 1. The minimum Gasteiger partial charge on any atom is -0.356 e. The van der Waals surface area contributed by atoms with Crippen LogP contribution in [0.4, 0.5) is 0 Å². The summed E-state index contributed by atoms with van der Waals surface area (Å²) in [4.78, 5) is 25.8. The largest absolute Gasteiger partial charge is 0.356 e. The second kappa shape index (κ2) is 8.13. The van der Waals surface area contributed by atoms with E-state index in [0.29, 0.717) is 12.5 Å². The highest BCUT2D eigenvalue weighted by molar-refractivity contribution is 7.08. The van der Waals surface area contributed by atoms with Crippen LogP contribution in [0.1, 0.15) is 32.3 Å². The molecule has 0 unspecified atom stereocenters. The van der Waals surface area contributed by atoms with Crippen molar-refractivity contribution in [2.75, 3.05) is 19.6 Å². The van der Waals surface area contributed by atoms with Gasteiger partial charge in [0.1, 0.15) is 0 Å². The molecule has 22 heavy (non-hydrogen) atoms. The Bertz CT molecular complexity index is 523. The highest BCUT2D eigenvalue weighted by Gasteiger charge is 2.23. The van der Waals surface area contributed by atoms with Crippen LogP contribution < -0.4 is 5.32 Å². The molecule has 120 valence electrons. The van der Waals surface area contributed by atoms with Crippen LogP contribution in [-0.2, 0) is 9.59 Å². The van der Waals surface area contributed by atoms with Crippen molar-refractivity contribution in [3.63, 3.8) is 0 Å². The number of likely N-dealkylation sites (tertiary alicyclic amines) is 1. The molecule has 4 nitrogen and oxygen atoms in total. The molecule has 1 aromatic heterocycles. The predicted molar refractivity (Wildman–Crippen MR) is 90.5 cm³/mol. The van der Waals surface area contributed by atoms with Gasteiger partial charge in [-0.2, -0.15) is 11.3 Å². The van der Waals surface area contributed by atoms with Gasteiger partial charge in [-0.3, -0.25) is 9.59 Å². The molecule has 1 aliphatic heterocycles. The monoisotopic (exact) mass is 320 g/mol. The van der Waals surface area contributed by atoms with E-state index in [1.807, 2.05) is 41.6 Å². The lowest BCUT2D eigenvalue weighted by Gasteiger charge is -2.32. The normalized spacial score (nSPS) is 18.9. The molecule has 0 aromatic carbocycles. The Morgan fingerprint density at radius 3 is 3.00 bits per heavy atom. The van der Waals surface area contributed by atoms with Crippen molar-refractivity contribution in [1.82, 2.24) is 10.2 Å². The van der Waals surface area contributed by atoms with Crippen LogP contribution in [0.2, 0.25) is 0 Å². The van der Waals surface area contributed by atoms with Crippen molar-refractivity contribution in [3.05, 3.63) is 28.5 Å². The molecule has 1 saturated heterocycles. The fourth-order valence-corrected chi connectivity index (χ4v) is 3.15. The molecule has 0 aliphatic carbocycles. The second-order valence-electron chi connectivity index (χ2n) is 6.08. The number of rotatable bonds is 5. The van der Waals surface area contributed by atoms with E-state index in [2.05, 4.69) is 5.32 Å². The summed E-state index contributed by atoms with van der Waals surface area (Å²) in [5.41, 5.74) is 1.07. The van der Waals surface area contributed by atoms with Crippen LogP contribution in [0.25, 0.3) is 6.08 Å². The first-order valence-corrected chi connectivity index (χ1v) is 8.77. The zero-order valence-electron chi connectivity index (χ0n) is 13.2.